The van der Waals surface area contributed by atoms with Crippen molar-refractivity contribution in [1.82, 2.24) is 15.5 Å². The highest BCUT2D eigenvalue weighted by Crippen LogP contribution is 2.27. The van der Waals surface area contributed by atoms with Crippen molar-refractivity contribution in [2.24, 2.45) is 0 Å². The third kappa shape index (κ3) is 6.30. The molecule has 1 aromatic rings. The van der Waals surface area contributed by atoms with Gasteiger partial charge in [-0.25, -0.2) is 0 Å². The summed E-state index contributed by atoms with van der Waals surface area (Å²) in [7, 11) is 0. The van der Waals surface area contributed by atoms with E-state index in [-0.39, 0.29) is 24.4 Å². The third-order valence-electron chi connectivity index (χ3n) is 3.50. The molecule has 1 rings (SSSR count). The monoisotopic (exact) mass is 373 g/mol. The molecular weight excluding hydrogens is 349 g/mol. The minimum atomic E-state index is -0.553. The quantitative estimate of drug-likeness (QED) is 0.735. The number of carbonyl (C=O) groups excluding carboxylic acids is 2. The predicted molar refractivity (Wildman–Crippen MR) is 98.4 cm³/mol. The molecule has 0 radical (unpaired) electrons. The molecule has 0 bridgehead atoms. The van der Waals surface area contributed by atoms with Crippen molar-refractivity contribution in [3.8, 4) is 0 Å². The maximum Gasteiger partial charge on any atom is 0.242 e. The van der Waals surface area contributed by atoms with Gasteiger partial charge >= 0.3 is 0 Å². The second kappa shape index (κ2) is 9.87. The normalized spacial score (nSPS) is 12.3. The highest BCUT2D eigenvalue weighted by atomic mass is 35.5. The summed E-state index contributed by atoms with van der Waals surface area (Å²) in [6.07, 6.45) is 0. The minimum Gasteiger partial charge on any atom is -0.352 e. The number of hydrogen-bond donors (Lipinski definition) is 2. The van der Waals surface area contributed by atoms with E-state index in [1.165, 1.54) is 0 Å². The Balaban J connectivity index is 2.97. The minimum absolute atomic E-state index is 0.0275. The van der Waals surface area contributed by atoms with Crippen molar-refractivity contribution in [2.45, 2.75) is 39.8 Å². The molecule has 24 heavy (non-hydrogen) atoms. The molecule has 5 nitrogen and oxygen atoms in total. The van der Waals surface area contributed by atoms with Crippen LogP contribution in [0.2, 0.25) is 10.0 Å². The number of hydrogen-bond acceptors (Lipinski definition) is 3. The van der Waals surface area contributed by atoms with Gasteiger partial charge in [0.15, 0.2) is 0 Å². The molecule has 0 saturated heterocycles. The first-order valence-corrected chi connectivity index (χ1v) is 8.81. The molecule has 0 fully saturated rings. The Morgan fingerprint density at radius 3 is 2.08 bits per heavy atom. The lowest BCUT2D eigenvalue weighted by atomic mass is 10.0. The van der Waals surface area contributed by atoms with Crippen molar-refractivity contribution in [3.05, 3.63) is 33.8 Å². The van der Waals surface area contributed by atoms with E-state index in [2.05, 4.69) is 10.6 Å². The van der Waals surface area contributed by atoms with Crippen LogP contribution in [0.5, 0.6) is 0 Å². The molecule has 2 N–H and O–H groups in total. The van der Waals surface area contributed by atoms with Gasteiger partial charge in [0.25, 0.3) is 0 Å². The summed E-state index contributed by atoms with van der Waals surface area (Å²) in [6.45, 7) is 8.97. The Morgan fingerprint density at radius 1 is 1.08 bits per heavy atom. The molecule has 0 aliphatic heterocycles. The van der Waals surface area contributed by atoms with Crippen LogP contribution in [-0.2, 0) is 9.59 Å². The number of benzene rings is 1. The Bertz CT molecular complexity index is 555. The zero-order chi connectivity index (χ0) is 18.3. The number of rotatable bonds is 8. The van der Waals surface area contributed by atoms with Gasteiger partial charge < -0.3 is 10.6 Å². The van der Waals surface area contributed by atoms with Crippen LogP contribution in [0.25, 0.3) is 0 Å². The van der Waals surface area contributed by atoms with Crippen LogP contribution in [0.4, 0.5) is 0 Å². The maximum absolute atomic E-state index is 12.7. The molecule has 0 aliphatic carbocycles. The van der Waals surface area contributed by atoms with Gasteiger partial charge in [0.2, 0.25) is 11.8 Å². The summed E-state index contributed by atoms with van der Waals surface area (Å²) in [5, 5.41) is 6.38. The SMILES string of the molecule is CCN(CC)C(C(=O)NCC(=O)NC(C)C)c1cc(Cl)cc(Cl)c1. The number of halogens is 2. The molecule has 0 aromatic heterocycles. The van der Waals surface area contributed by atoms with Crippen LogP contribution >= 0.6 is 23.2 Å². The van der Waals surface area contributed by atoms with E-state index in [0.717, 1.165) is 0 Å². The molecule has 0 heterocycles. The van der Waals surface area contributed by atoms with Gasteiger partial charge in [-0.3, -0.25) is 14.5 Å². The van der Waals surface area contributed by atoms with Crippen molar-refractivity contribution < 1.29 is 9.59 Å². The van der Waals surface area contributed by atoms with Gasteiger partial charge in [0, 0.05) is 16.1 Å². The van der Waals surface area contributed by atoms with E-state index < -0.39 is 6.04 Å². The summed E-state index contributed by atoms with van der Waals surface area (Å²) < 4.78 is 0. The fourth-order valence-corrected chi connectivity index (χ4v) is 3.03. The van der Waals surface area contributed by atoms with Crippen LogP contribution in [0.1, 0.15) is 39.3 Å². The van der Waals surface area contributed by atoms with Gasteiger partial charge in [-0.05, 0) is 50.7 Å². The molecule has 134 valence electrons. The number of amides is 2. The van der Waals surface area contributed by atoms with Gasteiger partial charge in [0.05, 0.1) is 6.54 Å². The van der Waals surface area contributed by atoms with Crippen molar-refractivity contribution in [2.75, 3.05) is 19.6 Å². The zero-order valence-corrected chi connectivity index (χ0v) is 16.0. The molecule has 1 aromatic carbocycles. The topological polar surface area (TPSA) is 61.4 Å². The fraction of sp³-hybridized carbons (Fsp3) is 0.529. The Kier molecular flexibility index (Phi) is 8.53. The first-order chi connectivity index (χ1) is 11.3. The standard InChI is InChI=1S/C17H25Cl2N3O2/c1-5-22(6-2)16(12-7-13(18)9-14(19)8-12)17(24)20-10-15(23)21-11(3)4/h7-9,11,16H,5-6,10H2,1-4H3,(H,20,24)(H,21,23). The molecule has 1 atom stereocenters. The molecule has 2 amide bonds. The molecule has 0 aliphatic rings. The largest absolute Gasteiger partial charge is 0.352 e. The molecule has 7 heteroatoms. The molecular formula is C17H25Cl2N3O2. The Hall–Kier alpha value is -1.30. The fourth-order valence-electron chi connectivity index (χ4n) is 2.49. The molecule has 1 unspecified atom stereocenters. The number of nitrogens with one attached hydrogen (secondary N) is 2. The van der Waals surface area contributed by atoms with E-state index in [0.29, 0.717) is 28.7 Å². The summed E-state index contributed by atoms with van der Waals surface area (Å²) in [6, 6.07) is 4.55. The summed E-state index contributed by atoms with van der Waals surface area (Å²) in [4.78, 5) is 26.4. The van der Waals surface area contributed by atoms with Crippen molar-refractivity contribution >= 4 is 35.0 Å². The summed E-state index contributed by atoms with van der Waals surface area (Å²) >= 11 is 12.2. The van der Waals surface area contributed by atoms with E-state index >= 15 is 0 Å². The molecule has 0 spiro atoms. The van der Waals surface area contributed by atoms with Gasteiger partial charge in [-0.1, -0.05) is 37.0 Å². The zero-order valence-electron chi connectivity index (χ0n) is 14.5. The first kappa shape index (κ1) is 20.7. The second-order valence-corrected chi connectivity index (χ2v) is 6.64. The van der Waals surface area contributed by atoms with Crippen molar-refractivity contribution in [3.63, 3.8) is 0 Å². The average molecular weight is 374 g/mol. The number of likely N-dealkylation sites (N-methyl/N-ethyl adjacent to an activating group) is 1. The van der Waals surface area contributed by atoms with E-state index in [4.69, 9.17) is 23.2 Å². The van der Waals surface area contributed by atoms with Gasteiger partial charge in [-0.2, -0.15) is 0 Å². The lowest BCUT2D eigenvalue weighted by molar-refractivity contribution is -0.129. The predicted octanol–water partition coefficient (Wildman–Crippen LogP) is 3.02. The summed E-state index contributed by atoms with van der Waals surface area (Å²) in [5.74, 6) is -0.475. The number of nitrogens with zero attached hydrogens (tertiary/aromatic N) is 1. The highest BCUT2D eigenvalue weighted by molar-refractivity contribution is 6.34. The first-order valence-electron chi connectivity index (χ1n) is 8.05. The van der Waals surface area contributed by atoms with Crippen LogP contribution in [0.3, 0.4) is 0 Å². The van der Waals surface area contributed by atoms with E-state index in [1.54, 1.807) is 18.2 Å². The van der Waals surface area contributed by atoms with E-state index in [9.17, 15) is 9.59 Å². The second-order valence-electron chi connectivity index (χ2n) is 5.77. The average Bonchev–Trinajstić information content (AvgIpc) is 2.48. The summed E-state index contributed by atoms with van der Waals surface area (Å²) in [5.41, 5.74) is 0.706. The maximum atomic E-state index is 12.7. The lowest BCUT2D eigenvalue weighted by Crippen LogP contribution is -2.45. The molecule has 0 saturated carbocycles. The van der Waals surface area contributed by atoms with Crippen LogP contribution in [-0.4, -0.2) is 42.4 Å². The van der Waals surface area contributed by atoms with Gasteiger partial charge in [-0.15, -0.1) is 0 Å². The van der Waals surface area contributed by atoms with Crippen molar-refractivity contribution in [1.29, 1.82) is 0 Å². The van der Waals surface area contributed by atoms with Crippen LogP contribution in [0, 0.1) is 0 Å². The Morgan fingerprint density at radius 2 is 1.62 bits per heavy atom. The Labute approximate surface area is 153 Å². The third-order valence-corrected chi connectivity index (χ3v) is 3.94. The number of carbonyl (C=O) groups is 2. The smallest absolute Gasteiger partial charge is 0.242 e. The highest BCUT2D eigenvalue weighted by Gasteiger charge is 2.26. The lowest BCUT2D eigenvalue weighted by Gasteiger charge is -2.29. The van der Waals surface area contributed by atoms with Crippen LogP contribution < -0.4 is 10.6 Å². The van der Waals surface area contributed by atoms with Crippen LogP contribution in [0.15, 0.2) is 18.2 Å². The van der Waals surface area contributed by atoms with Gasteiger partial charge in [0.1, 0.15) is 6.04 Å². The van der Waals surface area contributed by atoms with E-state index in [1.807, 2.05) is 32.6 Å².